The van der Waals surface area contributed by atoms with E-state index < -0.39 is 12.6 Å². The van der Waals surface area contributed by atoms with Crippen LogP contribution in [0.15, 0.2) is 24.3 Å². The Morgan fingerprint density at radius 3 is 2.48 bits per heavy atom. The second kappa shape index (κ2) is 13.9. The number of piperidine rings is 2. The number of rotatable bonds is 9. The predicted molar refractivity (Wildman–Crippen MR) is 184 cm³/mol. The molecule has 5 heterocycles. The first-order chi connectivity index (χ1) is 22.9. The van der Waals surface area contributed by atoms with Gasteiger partial charge in [0.2, 0.25) is 11.9 Å². The summed E-state index contributed by atoms with van der Waals surface area (Å²) in [4.78, 5) is 25.8. The molecule has 1 aromatic carbocycles. The molecule has 9 nitrogen and oxygen atoms in total. The summed E-state index contributed by atoms with van der Waals surface area (Å²) in [7, 11) is 1.70. The largest absolute Gasteiger partial charge is 0.393 e. The Balaban J connectivity index is 1.10. The predicted octanol–water partition coefficient (Wildman–Crippen LogP) is 6.94. The van der Waals surface area contributed by atoms with E-state index in [1.165, 1.54) is 11.1 Å². The van der Waals surface area contributed by atoms with E-state index in [1.54, 1.807) is 20.0 Å². The monoisotopic (exact) mass is 680 g/mol. The minimum absolute atomic E-state index is 0.141. The molecule has 2 saturated heterocycles. The van der Waals surface area contributed by atoms with Crippen LogP contribution in [0.5, 0.6) is 0 Å². The SMILES string of the molecule is CNc1nc(NC2CCN(Cc3ccc4c(cc(C#N)n4C[C@H](C)C4CCN(C(C)=O)CC4)c3C)CC2)c2cc(CC(F)(F)F)sc2n1. The van der Waals surface area contributed by atoms with Crippen LogP contribution in [0.3, 0.4) is 0 Å². The summed E-state index contributed by atoms with van der Waals surface area (Å²) in [6.45, 7) is 11.0. The van der Waals surface area contributed by atoms with Gasteiger partial charge in [0, 0.05) is 75.1 Å². The summed E-state index contributed by atoms with van der Waals surface area (Å²) in [6.07, 6.45) is -1.52. The lowest BCUT2D eigenvalue weighted by atomic mass is 9.85. The molecule has 6 rings (SSSR count). The van der Waals surface area contributed by atoms with Gasteiger partial charge in [-0.2, -0.15) is 23.4 Å². The average Bonchev–Trinajstić information content (AvgIpc) is 3.63. The number of likely N-dealkylation sites (tertiary alicyclic amines) is 2. The van der Waals surface area contributed by atoms with E-state index in [0.717, 1.165) is 87.2 Å². The summed E-state index contributed by atoms with van der Waals surface area (Å²) < 4.78 is 41.4. The van der Waals surface area contributed by atoms with E-state index in [9.17, 15) is 23.2 Å². The number of carbonyl (C=O) groups excluding carboxylic acids is 1. The fraction of sp³-hybridized carbons (Fsp3) is 0.543. The Labute approximate surface area is 283 Å². The van der Waals surface area contributed by atoms with E-state index in [2.05, 4.69) is 62.1 Å². The third-order valence-electron chi connectivity index (χ3n) is 10.2. The first-order valence-corrected chi connectivity index (χ1v) is 17.5. The normalized spacial score (nSPS) is 17.6. The molecular formula is C35H43F3N8OS. The summed E-state index contributed by atoms with van der Waals surface area (Å²) in [5.41, 5.74) is 4.21. The minimum Gasteiger partial charge on any atom is -0.367 e. The van der Waals surface area contributed by atoms with E-state index >= 15 is 0 Å². The number of nitrogens with zero attached hydrogens (tertiary/aromatic N) is 6. The summed E-state index contributed by atoms with van der Waals surface area (Å²) in [5, 5.41) is 18.2. The van der Waals surface area contributed by atoms with Crippen LogP contribution < -0.4 is 10.6 Å². The number of nitrogens with one attached hydrogen (secondary N) is 2. The van der Waals surface area contributed by atoms with Crippen LogP contribution in [0, 0.1) is 30.1 Å². The van der Waals surface area contributed by atoms with Gasteiger partial charge in [-0.1, -0.05) is 13.0 Å². The highest BCUT2D eigenvalue weighted by Crippen LogP contribution is 2.35. The Morgan fingerprint density at radius 1 is 1.10 bits per heavy atom. The lowest BCUT2D eigenvalue weighted by Gasteiger charge is -2.34. The zero-order valence-corrected chi connectivity index (χ0v) is 28.8. The molecule has 2 N–H and O–H groups in total. The van der Waals surface area contributed by atoms with Crippen LogP contribution >= 0.6 is 11.3 Å². The lowest BCUT2D eigenvalue weighted by Crippen LogP contribution is -2.39. The van der Waals surface area contributed by atoms with Crippen LogP contribution in [-0.2, 0) is 24.3 Å². The smallest absolute Gasteiger partial charge is 0.367 e. The molecule has 1 atom stereocenters. The van der Waals surface area contributed by atoms with Gasteiger partial charge in [-0.25, -0.2) is 4.98 Å². The molecule has 1 amide bonds. The molecule has 2 aliphatic rings. The number of carbonyl (C=O) groups is 1. The molecule has 0 aliphatic carbocycles. The van der Waals surface area contributed by atoms with E-state index in [0.29, 0.717) is 39.5 Å². The molecule has 0 spiro atoms. The van der Waals surface area contributed by atoms with Crippen molar-refractivity contribution in [2.45, 2.75) is 78.2 Å². The highest BCUT2D eigenvalue weighted by Gasteiger charge is 2.30. The van der Waals surface area contributed by atoms with Crippen molar-refractivity contribution in [1.29, 1.82) is 5.26 Å². The summed E-state index contributed by atoms with van der Waals surface area (Å²) in [6, 6.07) is 10.5. The maximum atomic E-state index is 13.1. The number of hydrogen-bond donors (Lipinski definition) is 2. The fourth-order valence-corrected chi connectivity index (χ4v) is 8.41. The number of anilines is 2. The Bertz CT molecular complexity index is 1830. The van der Waals surface area contributed by atoms with E-state index in [1.807, 2.05) is 11.0 Å². The Kier molecular flexibility index (Phi) is 9.86. The van der Waals surface area contributed by atoms with Crippen molar-refractivity contribution in [1.82, 2.24) is 24.3 Å². The van der Waals surface area contributed by atoms with Gasteiger partial charge in [0.25, 0.3) is 0 Å². The Morgan fingerprint density at radius 2 is 1.83 bits per heavy atom. The number of fused-ring (bicyclic) bond motifs is 2. The van der Waals surface area contributed by atoms with Gasteiger partial charge in [-0.15, -0.1) is 11.3 Å². The third kappa shape index (κ3) is 7.39. The van der Waals surface area contributed by atoms with Gasteiger partial charge in [-0.3, -0.25) is 9.69 Å². The molecule has 256 valence electrons. The second-order valence-corrected chi connectivity index (χ2v) is 14.5. The molecule has 13 heteroatoms. The average molecular weight is 681 g/mol. The molecular weight excluding hydrogens is 638 g/mol. The maximum Gasteiger partial charge on any atom is 0.393 e. The van der Waals surface area contributed by atoms with Crippen LogP contribution in [0.25, 0.3) is 21.1 Å². The van der Waals surface area contributed by atoms with Gasteiger partial charge in [0.05, 0.1) is 11.8 Å². The van der Waals surface area contributed by atoms with Crippen LogP contribution in [0.1, 0.15) is 61.2 Å². The molecule has 48 heavy (non-hydrogen) atoms. The topological polar surface area (TPSA) is 102 Å². The summed E-state index contributed by atoms with van der Waals surface area (Å²) >= 11 is 1.06. The molecule has 3 aromatic heterocycles. The number of halogens is 3. The standard InChI is InChI=1S/C35H43F3N8OS/c1-21(24-7-13-45(14-8-24)23(3)47)19-46-27(18-39)15-29-22(2)25(5-6-31(29)46)20-44-11-9-26(10-12-44)41-32-30-16-28(17-35(36,37)38)48-33(30)43-34(40-4)42-32/h5-6,15-16,21,24,26H,7-14,17,19-20H2,1-4H3,(H2,40,41,42,43)/t21-/m0/s1. The second-order valence-electron chi connectivity index (χ2n) is 13.4. The molecule has 0 radical (unpaired) electrons. The number of thiophene rings is 1. The number of amides is 1. The van der Waals surface area contributed by atoms with Gasteiger partial charge >= 0.3 is 6.18 Å². The van der Waals surface area contributed by atoms with Gasteiger partial charge in [-0.05, 0) is 73.8 Å². The van der Waals surface area contributed by atoms with E-state index in [-0.39, 0.29) is 16.8 Å². The number of hydrogen-bond acceptors (Lipinski definition) is 8. The highest BCUT2D eigenvalue weighted by molar-refractivity contribution is 7.18. The van der Waals surface area contributed by atoms with Crippen molar-refractivity contribution in [2.24, 2.45) is 11.8 Å². The van der Waals surface area contributed by atoms with Crippen molar-refractivity contribution >= 4 is 50.1 Å². The van der Waals surface area contributed by atoms with E-state index in [4.69, 9.17) is 0 Å². The number of alkyl halides is 3. The van der Waals surface area contributed by atoms with Crippen LogP contribution in [0.4, 0.5) is 24.9 Å². The molecule has 0 unspecified atom stereocenters. The molecule has 0 bridgehead atoms. The minimum atomic E-state index is -4.28. The van der Waals surface area contributed by atoms with Crippen LogP contribution in [0.2, 0.25) is 0 Å². The molecule has 0 saturated carbocycles. The number of benzene rings is 1. The van der Waals surface area contributed by atoms with Crippen molar-refractivity contribution in [3.05, 3.63) is 46.0 Å². The first-order valence-electron chi connectivity index (χ1n) is 16.7. The highest BCUT2D eigenvalue weighted by atomic mass is 32.1. The molecule has 2 aliphatic heterocycles. The quantitative estimate of drug-likeness (QED) is 0.198. The van der Waals surface area contributed by atoms with Gasteiger partial charge in [0.15, 0.2) is 0 Å². The maximum absolute atomic E-state index is 13.1. The Hall–Kier alpha value is -3.89. The zero-order chi connectivity index (χ0) is 34.2. The number of aromatic nitrogens is 3. The molecule has 4 aromatic rings. The van der Waals surface area contributed by atoms with Crippen molar-refractivity contribution in [3.63, 3.8) is 0 Å². The zero-order valence-electron chi connectivity index (χ0n) is 28.0. The van der Waals surface area contributed by atoms with Crippen molar-refractivity contribution in [3.8, 4) is 6.07 Å². The number of nitriles is 1. The third-order valence-corrected chi connectivity index (χ3v) is 11.2. The first kappa shape index (κ1) is 34.0. The fourth-order valence-electron chi connectivity index (χ4n) is 7.35. The van der Waals surface area contributed by atoms with Crippen molar-refractivity contribution in [2.75, 3.05) is 43.9 Å². The van der Waals surface area contributed by atoms with Crippen molar-refractivity contribution < 1.29 is 18.0 Å². The number of aryl methyl sites for hydroxylation is 1. The lowest BCUT2D eigenvalue weighted by molar-refractivity contribution is -0.130. The molecule has 2 fully saturated rings. The van der Waals surface area contributed by atoms with Gasteiger partial charge in [0.1, 0.15) is 22.4 Å². The summed E-state index contributed by atoms with van der Waals surface area (Å²) in [5.74, 6) is 2.01. The van der Waals surface area contributed by atoms with Gasteiger partial charge < -0.3 is 20.1 Å². The van der Waals surface area contributed by atoms with Crippen LogP contribution in [-0.4, -0.2) is 75.7 Å².